The van der Waals surface area contributed by atoms with Crippen LogP contribution >= 0.6 is 45.2 Å². The van der Waals surface area contributed by atoms with Gasteiger partial charge in [-0.1, -0.05) is 29.0 Å². The summed E-state index contributed by atoms with van der Waals surface area (Å²) in [6.45, 7) is 4.26. The average molecular weight is 673 g/mol. The zero-order valence-electron chi connectivity index (χ0n) is 19.1. The summed E-state index contributed by atoms with van der Waals surface area (Å²) in [6.07, 6.45) is 16.7. The Hall–Kier alpha value is -0.390. The number of aliphatic hydroxyl groups excluding tert-OH is 1. The van der Waals surface area contributed by atoms with Gasteiger partial charge in [0.1, 0.15) is 6.04 Å². The minimum absolute atomic E-state index is 0.0900. The molecule has 0 heterocycles. The first-order valence-electron chi connectivity index (χ1n) is 12.2. The van der Waals surface area contributed by atoms with Crippen molar-refractivity contribution in [1.82, 2.24) is 5.32 Å². The van der Waals surface area contributed by atoms with Crippen LogP contribution < -0.4 is 5.32 Å². The van der Waals surface area contributed by atoms with Gasteiger partial charge in [-0.2, -0.15) is 4.91 Å². The third-order valence-electron chi connectivity index (χ3n) is 8.69. The summed E-state index contributed by atoms with van der Waals surface area (Å²) in [4.78, 5) is 16.7. The van der Waals surface area contributed by atoms with Crippen molar-refractivity contribution in [3.05, 3.63) is 47.5 Å². The van der Waals surface area contributed by atoms with Crippen molar-refractivity contribution in [3.8, 4) is 0 Å². The molecule has 0 aromatic carbocycles. The lowest BCUT2D eigenvalue weighted by Gasteiger charge is -2.46. The Morgan fingerprint density at radius 2 is 1.94 bits per heavy atom. The molecular formula is C26H33I2N3O2. The van der Waals surface area contributed by atoms with Crippen molar-refractivity contribution in [2.24, 2.45) is 45.2 Å². The predicted octanol–water partition coefficient (Wildman–Crippen LogP) is 5.74. The van der Waals surface area contributed by atoms with Crippen LogP contribution in [0.1, 0.15) is 39.0 Å². The molecule has 7 heteroatoms. The molecule has 0 saturated heterocycles. The zero-order chi connectivity index (χ0) is 23.2. The first kappa shape index (κ1) is 24.3. The van der Waals surface area contributed by atoms with E-state index in [1.54, 1.807) is 0 Å². The molecule has 0 radical (unpaired) electrons. The van der Waals surface area contributed by atoms with Gasteiger partial charge in [0.15, 0.2) is 0 Å². The van der Waals surface area contributed by atoms with Crippen molar-refractivity contribution < 1.29 is 5.11 Å². The van der Waals surface area contributed by atoms with Gasteiger partial charge in [0.05, 0.1) is 12.6 Å². The molecule has 0 aromatic heterocycles. The average Bonchev–Trinajstić information content (AvgIpc) is 3.20. The molecule has 4 bridgehead atoms. The van der Waals surface area contributed by atoms with E-state index < -0.39 is 6.10 Å². The van der Waals surface area contributed by atoms with Crippen molar-refractivity contribution in [2.45, 2.75) is 51.2 Å². The fourth-order valence-corrected chi connectivity index (χ4v) is 9.72. The Balaban J connectivity index is 1.17. The van der Waals surface area contributed by atoms with Crippen LogP contribution in [0.3, 0.4) is 0 Å². The van der Waals surface area contributed by atoms with Gasteiger partial charge < -0.3 is 10.4 Å². The van der Waals surface area contributed by atoms with Crippen molar-refractivity contribution in [3.63, 3.8) is 0 Å². The summed E-state index contributed by atoms with van der Waals surface area (Å²) in [7, 11) is 0. The number of halogens is 2. The molecule has 6 unspecified atom stereocenters. The Labute approximate surface area is 224 Å². The van der Waals surface area contributed by atoms with Crippen LogP contribution in [0.5, 0.6) is 0 Å². The van der Waals surface area contributed by atoms with Crippen molar-refractivity contribution in [1.29, 1.82) is 0 Å². The lowest BCUT2D eigenvalue weighted by molar-refractivity contribution is 0.0844. The molecule has 4 fully saturated rings. The molecule has 0 aromatic rings. The summed E-state index contributed by atoms with van der Waals surface area (Å²) < 4.78 is 2.16. The van der Waals surface area contributed by atoms with Crippen LogP contribution in [0.15, 0.2) is 52.8 Å². The molecule has 0 spiro atoms. The van der Waals surface area contributed by atoms with E-state index in [2.05, 4.69) is 85.8 Å². The SMILES string of the molecule is CC1=CC(C23CC4CC(C2)C(C4)C3)C(N=O)C(C=NCCNCC2C=C(I)C=C(I)C2O)=C1. The highest BCUT2D eigenvalue weighted by Crippen LogP contribution is 2.68. The van der Waals surface area contributed by atoms with E-state index in [9.17, 15) is 10.0 Å². The smallest absolute Gasteiger partial charge is 0.125 e. The van der Waals surface area contributed by atoms with Crippen molar-refractivity contribution in [2.75, 3.05) is 19.6 Å². The van der Waals surface area contributed by atoms with E-state index >= 15 is 0 Å². The molecule has 6 aliphatic carbocycles. The molecule has 178 valence electrons. The molecule has 2 N–H and O–H groups in total. The fourth-order valence-electron chi connectivity index (χ4n) is 7.53. The van der Waals surface area contributed by atoms with Crippen LogP contribution in [0.25, 0.3) is 0 Å². The van der Waals surface area contributed by atoms with Crippen LogP contribution in [-0.4, -0.2) is 43.1 Å². The summed E-state index contributed by atoms with van der Waals surface area (Å²) in [6, 6.07) is -0.305. The van der Waals surface area contributed by atoms with Crippen LogP contribution in [0.4, 0.5) is 0 Å². The van der Waals surface area contributed by atoms with Crippen LogP contribution in [0.2, 0.25) is 0 Å². The van der Waals surface area contributed by atoms with Gasteiger partial charge in [-0.25, -0.2) is 0 Å². The lowest BCUT2D eigenvalue weighted by atomic mass is 9.59. The number of aliphatic imine (C=N–C) groups is 1. The summed E-state index contributed by atoms with van der Waals surface area (Å²) in [5.74, 6) is 2.97. The quantitative estimate of drug-likeness (QED) is 0.150. The van der Waals surface area contributed by atoms with Crippen molar-refractivity contribution >= 4 is 51.4 Å². The van der Waals surface area contributed by atoms with Gasteiger partial charge in [-0.3, -0.25) is 4.99 Å². The van der Waals surface area contributed by atoms with E-state index in [0.717, 1.165) is 40.0 Å². The minimum atomic E-state index is -0.431. The second-order valence-corrected chi connectivity index (χ2v) is 13.4. The maximum atomic E-state index is 12.1. The Morgan fingerprint density at radius 1 is 1.18 bits per heavy atom. The molecule has 33 heavy (non-hydrogen) atoms. The molecule has 5 nitrogen and oxygen atoms in total. The Kier molecular flexibility index (Phi) is 7.32. The molecule has 6 aliphatic rings. The highest BCUT2D eigenvalue weighted by Gasteiger charge is 2.59. The lowest BCUT2D eigenvalue weighted by Crippen LogP contribution is -2.41. The molecule has 6 atom stereocenters. The second kappa shape index (κ2) is 9.93. The van der Waals surface area contributed by atoms with E-state index in [1.165, 1.54) is 41.3 Å². The maximum absolute atomic E-state index is 12.1. The van der Waals surface area contributed by atoms with E-state index in [-0.39, 0.29) is 23.3 Å². The first-order valence-corrected chi connectivity index (χ1v) is 14.4. The second-order valence-electron chi connectivity index (χ2n) is 10.9. The number of nitrogens with zero attached hydrogens (tertiary/aromatic N) is 2. The number of allylic oxidation sites excluding steroid dienone is 4. The summed E-state index contributed by atoms with van der Waals surface area (Å²) >= 11 is 4.52. The van der Waals surface area contributed by atoms with Gasteiger partial charge in [0.25, 0.3) is 0 Å². The van der Waals surface area contributed by atoms with Gasteiger partial charge in [0.2, 0.25) is 0 Å². The first-order chi connectivity index (χ1) is 15.9. The number of nitroso groups, excluding NO2 is 1. The van der Waals surface area contributed by atoms with E-state index in [1.807, 2.05) is 12.3 Å². The van der Waals surface area contributed by atoms with Gasteiger partial charge >= 0.3 is 0 Å². The van der Waals surface area contributed by atoms with E-state index in [4.69, 9.17) is 0 Å². The third kappa shape index (κ3) is 4.85. The maximum Gasteiger partial charge on any atom is 0.125 e. The summed E-state index contributed by atoms with van der Waals surface area (Å²) in [5.41, 5.74) is 2.50. The minimum Gasteiger partial charge on any atom is -0.387 e. The predicted molar refractivity (Wildman–Crippen MR) is 151 cm³/mol. The number of hydrogen-bond acceptors (Lipinski definition) is 5. The molecule has 0 amide bonds. The Bertz CT molecular complexity index is 934. The van der Waals surface area contributed by atoms with Gasteiger partial charge in [-0.05, 0) is 119 Å². The topological polar surface area (TPSA) is 74.0 Å². The third-order valence-corrected chi connectivity index (χ3v) is 10.3. The summed E-state index contributed by atoms with van der Waals surface area (Å²) in [5, 5.41) is 17.4. The van der Waals surface area contributed by atoms with Crippen LogP contribution in [0, 0.1) is 39.9 Å². The molecule has 6 rings (SSSR count). The Morgan fingerprint density at radius 3 is 2.64 bits per heavy atom. The fraction of sp³-hybridized carbons (Fsp3) is 0.654. The zero-order valence-corrected chi connectivity index (χ0v) is 23.4. The number of aliphatic hydroxyl groups is 1. The highest BCUT2D eigenvalue weighted by molar-refractivity contribution is 14.1. The molecule has 4 saturated carbocycles. The highest BCUT2D eigenvalue weighted by atomic mass is 127. The van der Waals surface area contributed by atoms with Gasteiger partial charge in [0, 0.05) is 38.3 Å². The normalized spacial score (nSPS) is 41.8. The number of nitrogens with one attached hydrogen (secondary N) is 1. The standard InChI is InChI=1S/C26H33I2N3O2/c1-15-4-19(13-29-2-3-30-14-20-8-21(27)9-23(28)25(20)32)24(31-33)22(5-15)26-10-16-6-17(11-26)18(7-16)12-26/h4-5,8-9,13,16-18,20,22,24-25,30,32H,2-3,6-7,10-12,14H2,1H3. The monoisotopic (exact) mass is 673 g/mol. The largest absolute Gasteiger partial charge is 0.387 e. The molecular weight excluding hydrogens is 640 g/mol. The molecule has 0 aliphatic heterocycles. The van der Waals surface area contributed by atoms with Gasteiger partial charge in [-0.15, -0.1) is 0 Å². The van der Waals surface area contributed by atoms with Crippen LogP contribution in [-0.2, 0) is 0 Å². The van der Waals surface area contributed by atoms with E-state index in [0.29, 0.717) is 6.54 Å². The number of rotatable bonds is 8. The number of hydrogen-bond donors (Lipinski definition) is 2.